The summed E-state index contributed by atoms with van der Waals surface area (Å²) >= 11 is 0. The highest BCUT2D eigenvalue weighted by Gasteiger charge is 2.17. The fourth-order valence-electron chi connectivity index (χ4n) is 3.41. The van der Waals surface area contributed by atoms with Crippen molar-refractivity contribution in [1.82, 2.24) is 0 Å². The third-order valence-corrected chi connectivity index (χ3v) is 5.33. The topological polar surface area (TPSA) is 0 Å². The van der Waals surface area contributed by atoms with E-state index in [0.29, 0.717) is 24.3 Å². The van der Waals surface area contributed by atoms with Crippen molar-refractivity contribution in [2.75, 3.05) is 0 Å². The van der Waals surface area contributed by atoms with E-state index in [1.165, 1.54) is 12.1 Å². The highest BCUT2D eigenvalue weighted by atomic mass is 19.2. The Morgan fingerprint density at radius 2 is 1.23 bits per heavy atom. The summed E-state index contributed by atoms with van der Waals surface area (Å²) in [6.45, 7) is 2.11. The van der Waals surface area contributed by atoms with E-state index >= 15 is 0 Å². The Bertz CT molecular complexity index is 1250. The molecule has 3 aromatic carbocycles. The van der Waals surface area contributed by atoms with E-state index in [1.54, 1.807) is 12.1 Å². The second-order valence-electron chi connectivity index (χ2n) is 7.95. The maximum atomic E-state index is 14.7. The van der Waals surface area contributed by atoms with Crippen LogP contribution >= 0.6 is 0 Å². The third-order valence-electron chi connectivity index (χ3n) is 5.33. The van der Waals surface area contributed by atoms with Crippen LogP contribution in [0.5, 0.6) is 0 Å². The largest absolute Gasteiger partial charge is 0.205 e. The van der Waals surface area contributed by atoms with Gasteiger partial charge in [-0.25, -0.2) is 30.7 Å². The van der Waals surface area contributed by atoms with Crippen LogP contribution in [0.3, 0.4) is 0 Å². The van der Waals surface area contributed by atoms with Gasteiger partial charge in [0.25, 0.3) is 0 Å². The Balaban J connectivity index is 1.83. The number of halogens is 7. The van der Waals surface area contributed by atoms with Crippen LogP contribution in [0.25, 0.3) is 11.7 Å². The molecule has 0 saturated heterocycles. The number of rotatable bonds is 7. The highest BCUT2D eigenvalue weighted by Crippen LogP contribution is 2.31. The molecule has 0 unspecified atom stereocenters. The first kappa shape index (κ1) is 26.1. The molecule has 7 heteroatoms. The average molecular weight is 490 g/mol. The smallest absolute Gasteiger partial charge is 0.194 e. The van der Waals surface area contributed by atoms with Gasteiger partial charge in [0.15, 0.2) is 29.1 Å². The highest BCUT2D eigenvalue weighted by molar-refractivity contribution is 5.83. The first-order valence-corrected chi connectivity index (χ1v) is 11.0. The van der Waals surface area contributed by atoms with Crippen molar-refractivity contribution in [3.63, 3.8) is 0 Å². The minimum absolute atomic E-state index is 0.0788. The van der Waals surface area contributed by atoms with Crippen LogP contribution in [-0.4, -0.2) is 0 Å². The summed E-state index contributed by atoms with van der Waals surface area (Å²) in [4.78, 5) is 0. The van der Waals surface area contributed by atoms with Gasteiger partial charge in [0.2, 0.25) is 0 Å². The lowest BCUT2D eigenvalue weighted by Gasteiger charge is -2.06. The Hall–Kier alpha value is -3.53. The SMILES string of the molecule is CCCCCCc1ccc(/C(F)=C(\F)c2cc(F)c(C#Cc3cc(F)c(F)c(F)c3)c(F)c2)cc1. The van der Waals surface area contributed by atoms with Gasteiger partial charge in [-0.05, 0) is 42.7 Å². The van der Waals surface area contributed by atoms with Crippen LogP contribution in [0.4, 0.5) is 30.7 Å². The maximum Gasteiger partial charge on any atom is 0.194 e. The minimum atomic E-state index is -1.71. The number of benzene rings is 3. The Kier molecular flexibility index (Phi) is 8.75. The van der Waals surface area contributed by atoms with Crippen LogP contribution in [0, 0.1) is 40.9 Å². The Morgan fingerprint density at radius 1 is 0.657 bits per heavy atom. The first-order valence-electron chi connectivity index (χ1n) is 11.0. The van der Waals surface area contributed by atoms with Crippen molar-refractivity contribution >= 4 is 11.7 Å². The van der Waals surface area contributed by atoms with Crippen molar-refractivity contribution in [2.45, 2.75) is 39.0 Å². The summed E-state index contributed by atoms with van der Waals surface area (Å²) in [5.41, 5.74) is -0.968. The molecule has 35 heavy (non-hydrogen) atoms. The number of hydrogen-bond donors (Lipinski definition) is 0. The van der Waals surface area contributed by atoms with Crippen LogP contribution < -0.4 is 0 Å². The van der Waals surface area contributed by atoms with Crippen LogP contribution in [0.2, 0.25) is 0 Å². The Morgan fingerprint density at radius 3 is 1.80 bits per heavy atom. The number of aryl methyl sites for hydroxylation is 1. The van der Waals surface area contributed by atoms with E-state index in [4.69, 9.17) is 0 Å². The molecule has 0 heterocycles. The summed E-state index contributed by atoms with van der Waals surface area (Å²) in [7, 11) is 0. The van der Waals surface area contributed by atoms with Crippen molar-refractivity contribution < 1.29 is 30.7 Å². The molecule has 0 nitrogen and oxygen atoms in total. The molecule has 0 bridgehead atoms. The normalized spacial score (nSPS) is 11.7. The number of hydrogen-bond acceptors (Lipinski definition) is 0. The summed E-state index contributed by atoms with van der Waals surface area (Å²) in [5.74, 6) is -5.92. The van der Waals surface area contributed by atoms with E-state index in [-0.39, 0.29) is 11.1 Å². The lowest BCUT2D eigenvalue weighted by Crippen LogP contribution is -1.95. The van der Waals surface area contributed by atoms with Crippen molar-refractivity contribution in [3.8, 4) is 11.8 Å². The molecule has 182 valence electrons. The molecule has 3 rings (SSSR count). The molecule has 0 spiro atoms. The van der Waals surface area contributed by atoms with Crippen molar-refractivity contribution in [1.29, 1.82) is 0 Å². The van der Waals surface area contributed by atoms with Gasteiger partial charge in [-0.1, -0.05) is 62.3 Å². The van der Waals surface area contributed by atoms with Gasteiger partial charge in [0, 0.05) is 16.7 Å². The number of unbranched alkanes of at least 4 members (excludes halogenated alkanes) is 3. The maximum absolute atomic E-state index is 14.7. The zero-order valence-electron chi connectivity index (χ0n) is 18.8. The van der Waals surface area contributed by atoms with E-state index in [1.807, 2.05) is 5.92 Å². The van der Waals surface area contributed by atoms with Gasteiger partial charge >= 0.3 is 0 Å². The fourth-order valence-corrected chi connectivity index (χ4v) is 3.41. The van der Waals surface area contributed by atoms with Gasteiger partial charge in [-0.15, -0.1) is 0 Å². The monoisotopic (exact) mass is 490 g/mol. The van der Waals surface area contributed by atoms with E-state index < -0.39 is 51.9 Å². The lowest BCUT2D eigenvalue weighted by atomic mass is 10.0. The van der Waals surface area contributed by atoms with Gasteiger partial charge in [0.05, 0.1) is 5.56 Å². The first-order chi connectivity index (χ1) is 16.7. The molecular formula is C28H21F7. The fraction of sp³-hybridized carbons (Fsp3) is 0.214. The van der Waals surface area contributed by atoms with Crippen LogP contribution in [0.1, 0.15) is 60.4 Å². The molecule has 0 fully saturated rings. The summed E-state index contributed by atoms with van der Waals surface area (Å²) < 4.78 is 97.8. The predicted octanol–water partition coefficient (Wildman–Crippen LogP) is 8.67. The summed E-state index contributed by atoms with van der Waals surface area (Å²) in [6, 6.07) is 8.40. The van der Waals surface area contributed by atoms with Gasteiger partial charge in [0.1, 0.15) is 11.6 Å². The average Bonchev–Trinajstić information content (AvgIpc) is 2.84. The van der Waals surface area contributed by atoms with E-state index in [9.17, 15) is 30.7 Å². The zero-order valence-corrected chi connectivity index (χ0v) is 18.8. The molecule has 0 aliphatic carbocycles. The predicted molar refractivity (Wildman–Crippen MR) is 122 cm³/mol. The van der Waals surface area contributed by atoms with Gasteiger partial charge in [-0.3, -0.25) is 0 Å². The van der Waals surface area contributed by atoms with Gasteiger partial charge < -0.3 is 0 Å². The third kappa shape index (κ3) is 6.54. The summed E-state index contributed by atoms with van der Waals surface area (Å²) in [5, 5.41) is 0. The van der Waals surface area contributed by atoms with Crippen LogP contribution in [0.15, 0.2) is 48.5 Å². The second-order valence-corrected chi connectivity index (χ2v) is 7.95. The molecular weight excluding hydrogens is 469 g/mol. The zero-order chi connectivity index (χ0) is 25.5. The summed E-state index contributed by atoms with van der Waals surface area (Å²) in [6.07, 6.45) is 5.11. The molecule has 0 N–H and O–H groups in total. The lowest BCUT2D eigenvalue weighted by molar-refractivity contribution is 0.446. The molecule has 0 aromatic heterocycles. The van der Waals surface area contributed by atoms with Crippen molar-refractivity contribution in [2.24, 2.45) is 0 Å². The van der Waals surface area contributed by atoms with E-state index in [2.05, 4.69) is 12.8 Å². The molecule has 0 amide bonds. The molecule has 0 atom stereocenters. The van der Waals surface area contributed by atoms with Crippen LogP contribution in [-0.2, 0) is 6.42 Å². The minimum Gasteiger partial charge on any atom is -0.205 e. The molecule has 0 radical (unpaired) electrons. The Labute approximate surface area is 199 Å². The molecule has 0 aliphatic heterocycles. The standard InChI is InChI=1S/C28H21F7/c1-2-3-4-5-6-17-7-10-19(11-8-17)26(33)27(34)20-15-22(29)21(23(30)16-20)12-9-18-13-24(31)28(35)25(32)14-18/h7-8,10-11,13-16H,2-6H2,1H3/b27-26+. The molecule has 0 saturated carbocycles. The van der Waals surface area contributed by atoms with E-state index in [0.717, 1.165) is 37.7 Å². The van der Waals surface area contributed by atoms with Crippen molar-refractivity contribution in [3.05, 3.63) is 105 Å². The molecule has 3 aromatic rings. The quantitative estimate of drug-likeness (QED) is 0.102. The van der Waals surface area contributed by atoms with Gasteiger partial charge in [-0.2, -0.15) is 0 Å². The second kappa shape index (κ2) is 11.7. The molecule has 0 aliphatic rings.